The van der Waals surface area contributed by atoms with Crippen LogP contribution in [0.4, 0.5) is 0 Å². The zero-order valence-corrected chi connectivity index (χ0v) is 10.7. The molecular weight excluding hydrogens is 220 g/mol. The maximum Gasteiger partial charge on any atom is 0.329 e. The number of aliphatic carboxylic acids is 1. The van der Waals surface area contributed by atoms with Crippen LogP contribution in [0, 0.1) is 0 Å². The number of hydrogen-bond donors (Lipinski definition) is 2. The normalized spacial score (nSPS) is 24.7. The summed E-state index contributed by atoms with van der Waals surface area (Å²) in [6.45, 7) is 3.01. The number of amides is 1. The van der Waals surface area contributed by atoms with Crippen LogP contribution in [0.25, 0.3) is 0 Å². The average molecular weight is 242 g/mol. The molecule has 0 aromatic carbocycles. The first-order valence-electron chi connectivity index (χ1n) is 6.21. The van der Waals surface area contributed by atoms with Gasteiger partial charge in [0.1, 0.15) is 5.54 Å². The fourth-order valence-corrected chi connectivity index (χ4v) is 2.29. The van der Waals surface area contributed by atoms with Gasteiger partial charge in [0.15, 0.2) is 0 Å². The van der Waals surface area contributed by atoms with Gasteiger partial charge in [-0.3, -0.25) is 4.79 Å². The van der Waals surface area contributed by atoms with Gasteiger partial charge in [-0.2, -0.15) is 0 Å². The van der Waals surface area contributed by atoms with Crippen molar-refractivity contribution in [1.29, 1.82) is 0 Å². The highest BCUT2D eigenvalue weighted by atomic mass is 16.4. The average Bonchev–Trinajstić information content (AvgIpc) is 2.29. The zero-order valence-electron chi connectivity index (χ0n) is 10.7. The van der Waals surface area contributed by atoms with Gasteiger partial charge in [-0.05, 0) is 46.2 Å². The van der Waals surface area contributed by atoms with Crippen molar-refractivity contribution in [2.24, 2.45) is 0 Å². The van der Waals surface area contributed by atoms with E-state index < -0.39 is 11.5 Å². The molecule has 1 heterocycles. The predicted molar refractivity (Wildman–Crippen MR) is 64.8 cm³/mol. The van der Waals surface area contributed by atoms with Gasteiger partial charge in [0.2, 0.25) is 5.91 Å². The number of carbonyl (C=O) groups excluding carboxylic acids is 1. The van der Waals surface area contributed by atoms with E-state index in [1.807, 2.05) is 7.05 Å². The van der Waals surface area contributed by atoms with E-state index in [0.29, 0.717) is 19.4 Å². The van der Waals surface area contributed by atoms with Crippen LogP contribution in [-0.2, 0) is 9.59 Å². The molecule has 1 rings (SSSR count). The fourth-order valence-electron chi connectivity index (χ4n) is 2.29. The standard InChI is InChI=1S/C12H22N2O3/c1-12(11(16)17)7-3-4-9-14(12)10(15)6-5-8-13-2/h13H,3-9H2,1-2H3,(H,16,17). The maximum absolute atomic E-state index is 12.0. The number of piperidine rings is 1. The van der Waals surface area contributed by atoms with E-state index in [1.54, 1.807) is 11.8 Å². The summed E-state index contributed by atoms with van der Waals surface area (Å²) in [6, 6.07) is 0. The maximum atomic E-state index is 12.0. The highest BCUT2D eigenvalue weighted by Gasteiger charge is 2.43. The molecule has 0 bridgehead atoms. The van der Waals surface area contributed by atoms with Crippen molar-refractivity contribution in [3.8, 4) is 0 Å². The van der Waals surface area contributed by atoms with Gasteiger partial charge in [-0.25, -0.2) is 4.79 Å². The Morgan fingerprint density at radius 1 is 1.41 bits per heavy atom. The Morgan fingerprint density at radius 3 is 2.71 bits per heavy atom. The Kier molecular flexibility index (Phi) is 4.93. The second-order valence-corrected chi connectivity index (χ2v) is 4.79. The van der Waals surface area contributed by atoms with E-state index in [-0.39, 0.29) is 5.91 Å². The molecule has 1 unspecified atom stereocenters. The van der Waals surface area contributed by atoms with Crippen molar-refractivity contribution < 1.29 is 14.7 Å². The number of hydrogen-bond acceptors (Lipinski definition) is 3. The summed E-state index contributed by atoms with van der Waals surface area (Å²) in [5, 5.41) is 12.3. The molecule has 5 heteroatoms. The molecule has 1 saturated heterocycles. The van der Waals surface area contributed by atoms with Crippen LogP contribution in [0.5, 0.6) is 0 Å². The van der Waals surface area contributed by atoms with Crippen molar-refractivity contribution in [1.82, 2.24) is 10.2 Å². The minimum Gasteiger partial charge on any atom is -0.480 e. The number of carboxylic acids is 1. The van der Waals surface area contributed by atoms with E-state index in [1.165, 1.54) is 0 Å². The van der Waals surface area contributed by atoms with E-state index in [4.69, 9.17) is 0 Å². The Morgan fingerprint density at radius 2 is 2.12 bits per heavy atom. The van der Waals surface area contributed by atoms with Gasteiger partial charge in [0.05, 0.1) is 0 Å². The molecule has 0 aliphatic carbocycles. The van der Waals surface area contributed by atoms with Crippen molar-refractivity contribution >= 4 is 11.9 Å². The Labute approximate surface area is 102 Å². The summed E-state index contributed by atoms with van der Waals surface area (Å²) in [7, 11) is 1.84. The summed E-state index contributed by atoms with van der Waals surface area (Å²) in [6.07, 6.45) is 3.51. The zero-order chi connectivity index (χ0) is 12.9. The van der Waals surface area contributed by atoms with Gasteiger partial charge in [-0.1, -0.05) is 0 Å². The summed E-state index contributed by atoms with van der Waals surface area (Å²) in [5.74, 6) is -0.927. The highest BCUT2D eigenvalue weighted by molar-refractivity contribution is 5.87. The molecule has 1 amide bonds. The van der Waals surface area contributed by atoms with Crippen LogP contribution in [0.2, 0.25) is 0 Å². The lowest BCUT2D eigenvalue weighted by atomic mass is 9.88. The predicted octanol–water partition coefficient (Wildman–Crippen LogP) is 0.842. The minimum absolute atomic E-state index is 0.0372. The Bertz CT molecular complexity index is 293. The lowest BCUT2D eigenvalue weighted by Gasteiger charge is -2.41. The molecule has 98 valence electrons. The molecule has 0 aromatic heterocycles. The third kappa shape index (κ3) is 3.19. The lowest BCUT2D eigenvalue weighted by Crippen LogP contribution is -2.57. The molecule has 1 atom stereocenters. The van der Waals surface area contributed by atoms with Gasteiger partial charge < -0.3 is 15.3 Å². The lowest BCUT2D eigenvalue weighted by molar-refractivity contribution is -0.161. The van der Waals surface area contributed by atoms with Gasteiger partial charge in [0, 0.05) is 13.0 Å². The van der Waals surface area contributed by atoms with Gasteiger partial charge >= 0.3 is 5.97 Å². The van der Waals surface area contributed by atoms with Crippen molar-refractivity contribution in [2.75, 3.05) is 20.1 Å². The van der Waals surface area contributed by atoms with Gasteiger partial charge in [0.25, 0.3) is 0 Å². The van der Waals surface area contributed by atoms with Crippen LogP contribution >= 0.6 is 0 Å². The first-order valence-corrected chi connectivity index (χ1v) is 6.21. The Balaban J connectivity index is 2.65. The molecular formula is C12H22N2O3. The van der Waals surface area contributed by atoms with E-state index >= 15 is 0 Å². The molecule has 1 aliphatic heterocycles. The number of nitrogens with zero attached hydrogens (tertiary/aromatic N) is 1. The number of likely N-dealkylation sites (tertiary alicyclic amines) is 1. The van der Waals surface area contributed by atoms with Crippen LogP contribution in [0.3, 0.4) is 0 Å². The molecule has 0 spiro atoms. The first-order chi connectivity index (χ1) is 8.02. The van der Waals surface area contributed by atoms with Crippen molar-refractivity contribution in [3.05, 3.63) is 0 Å². The van der Waals surface area contributed by atoms with E-state index in [2.05, 4.69) is 5.32 Å². The summed E-state index contributed by atoms with van der Waals surface area (Å²) in [5.41, 5.74) is -1.00. The van der Waals surface area contributed by atoms with E-state index in [9.17, 15) is 14.7 Å². The number of carbonyl (C=O) groups is 2. The Hall–Kier alpha value is -1.10. The van der Waals surface area contributed by atoms with Crippen LogP contribution < -0.4 is 5.32 Å². The molecule has 2 N–H and O–H groups in total. The van der Waals surface area contributed by atoms with Crippen LogP contribution in [0.15, 0.2) is 0 Å². The van der Waals surface area contributed by atoms with Crippen molar-refractivity contribution in [2.45, 2.75) is 44.6 Å². The second-order valence-electron chi connectivity index (χ2n) is 4.79. The molecule has 17 heavy (non-hydrogen) atoms. The minimum atomic E-state index is -1.00. The third-order valence-electron chi connectivity index (χ3n) is 3.47. The summed E-state index contributed by atoms with van der Waals surface area (Å²) in [4.78, 5) is 24.9. The summed E-state index contributed by atoms with van der Waals surface area (Å²) >= 11 is 0. The van der Waals surface area contributed by atoms with Crippen LogP contribution in [0.1, 0.15) is 39.0 Å². The monoisotopic (exact) mass is 242 g/mol. The SMILES string of the molecule is CNCCCC(=O)N1CCCCC1(C)C(=O)O. The molecule has 0 radical (unpaired) electrons. The fraction of sp³-hybridized carbons (Fsp3) is 0.833. The molecule has 0 aromatic rings. The molecule has 5 nitrogen and oxygen atoms in total. The quantitative estimate of drug-likeness (QED) is 0.701. The number of rotatable bonds is 5. The highest BCUT2D eigenvalue weighted by Crippen LogP contribution is 2.28. The number of carboxylic acid groups (broad SMARTS) is 1. The third-order valence-corrected chi connectivity index (χ3v) is 3.47. The van der Waals surface area contributed by atoms with E-state index in [0.717, 1.165) is 25.8 Å². The van der Waals surface area contributed by atoms with Crippen LogP contribution in [-0.4, -0.2) is 47.6 Å². The largest absolute Gasteiger partial charge is 0.480 e. The first kappa shape index (κ1) is 14.0. The molecule has 1 aliphatic rings. The van der Waals surface area contributed by atoms with Crippen molar-refractivity contribution in [3.63, 3.8) is 0 Å². The van der Waals surface area contributed by atoms with Gasteiger partial charge in [-0.15, -0.1) is 0 Å². The summed E-state index contributed by atoms with van der Waals surface area (Å²) < 4.78 is 0. The molecule has 0 saturated carbocycles. The molecule has 1 fully saturated rings. The topological polar surface area (TPSA) is 69.6 Å². The smallest absolute Gasteiger partial charge is 0.329 e. The number of nitrogens with one attached hydrogen (secondary N) is 1. The second kappa shape index (κ2) is 6.00.